The lowest BCUT2D eigenvalue weighted by Crippen LogP contribution is -2.12. The van der Waals surface area contributed by atoms with Gasteiger partial charge in [0.25, 0.3) is 0 Å². The van der Waals surface area contributed by atoms with Gasteiger partial charge in [0.2, 0.25) is 0 Å². The number of hydrogen-bond acceptors (Lipinski definition) is 3. The quantitative estimate of drug-likeness (QED) is 0.208. The van der Waals surface area contributed by atoms with Crippen molar-refractivity contribution >= 4 is 16.9 Å². The lowest BCUT2D eigenvalue weighted by atomic mass is 9.86. The van der Waals surface area contributed by atoms with Gasteiger partial charge >= 0.3 is 5.97 Å². The second-order valence-corrected chi connectivity index (χ2v) is 10.8. The van der Waals surface area contributed by atoms with Crippen molar-refractivity contribution in [3.05, 3.63) is 84.3 Å². The van der Waals surface area contributed by atoms with E-state index in [1.807, 2.05) is 32.4 Å². The van der Waals surface area contributed by atoms with Crippen molar-refractivity contribution < 1.29 is 14.6 Å². The Labute approximate surface area is 230 Å². The summed E-state index contributed by atoms with van der Waals surface area (Å²) in [6.45, 7) is 16.1. The van der Waals surface area contributed by atoms with Crippen LogP contribution < -0.4 is 0 Å². The molecule has 0 aliphatic heterocycles. The minimum atomic E-state index is -0.256. The summed E-state index contributed by atoms with van der Waals surface area (Å²) < 4.78 is 7.45. The summed E-state index contributed by atoms with van der Waals surface area (Å²) >= 11 is 0. The van der Waals surface area contributed by atoms with E-state index in [1.165, 1.54) is 36.8 Å². The Hall–Kier alpha value is -3.27. The molecular formula is C34H47NO3. The molecule has 1 aliphatic rings. The summed E-state index contributed by atoms with van der Waals surface area (Å²) in [7, 11) is 1.97. The van der Waals surface area contributed by atoms with E-state index in [9.17, 15) is 4.79 Å². The third-order valence-corrected chi connectivity index (χ3v) is 6.90. The van der Waals surface area contributed by atoms with Crippen molar-refractivity contribution in [2.75, 3.05) is 6.61 Å². The molecule has 4 nitrogen and oxygen atoms in total. The molecule has 0 radical (unpaired) electrons. The Morgan fingerprint density at radius 2 is 1.71 bits per heavy atom. The average molecular weight is 518 g/mol. The molecule has 4 heteroatoms. The minimum Gasteiger partial charge on any atom is -0.516 e. The number of ether oxygens (including phenoxy) is 1. The normalized spacial score (nSPS) is 13.6. The molecule has 1 heterocycles. The predicted octanol–water partition coefficient (Wildman–Crippen LogP) is 9.64. The molecule has 2 aromatic carbocycles. The summed E-state index contributed by atoms with van der Waals surface area (Å²) in [6, 6.07) is 15.4. The minimum absolute atomic E-state index is 0.0941. The van der Waals surface area contributed by atoms with Gasteiger partial charge in [-0.05, 0) is 73.3 Å². The summed E-state index contributed by atoms with van der Waals surface area (Å²) in [5, 5.41) is 9.03. The Kier molecular flexibility index (Phi) is 11.9. The summed E-state index contributed by atoms with van der Waals surface area (Å²) in [6.07, 6.45) is 10.5. The molecule has 0 spiro atoms. The van der Waals surface area contributed by atoms with Crippen molar-refractivity contribution in [3.63, 3.8) is 0 Å². The molecule has 1 N–H and O–H groups in total. The maximum Gasteiger partial charge on any atom is 0.355 e. The number of rotatable bonds is 5. The number of carbonyl (C=O) groups is 1. The van der Waals surface area contributed by atoms with Crippen molar-refractivity contribution in [1.82, 2.24) is 4.57 Å². The molecule has 1 aliphatic carbocycles. The van der Waals surface area contributed by atoms with Crippen LogP contribution in [0.5, 0.6) is 0 Å². The van der Waals surface area contributed by atoms with E-state index < -0.39 is 0 Å². The molecule has 0 saturated heterocycles. The van der Waals surface area contributed by atoms with Gasteiger partial charge in [-0.3, -0.25) is 0 Å². The number of aliphatic hydroxyl groups is 1. The molecule has 0 bridgehead atoms. The number of aliphatic hydroxyl groups excluding tert-OH is 1. The zero-order chi connectivity index (χ0) is 28.3. The van der Waals surface area contributed by atoms with Gasteiger partial charge < -0.3 is 14.4 Å². The van der Waals surface area contributed by atoms with Crippen molar-refractivity contribution in [2.24, 2.45) is 7.05 Å². The van der Waals surface area contributed by atoms with E-state index in [2.05, 4.69) is 69.8 Å². The first-order valence-corrected chi connectivity index (χ1v) is 13.9. The van der Waals surface area contributed by atoms with Crippen LogP contribution in [0.4, 0.5) is 0 Å². The van der Waals surface area contributed by atoms with Crippen LogP contribution in [0.2, 0.25) is 0 Å². The highest BCUT2D eigenvalue weighted by Gasteiger charge is 2.25. The largest absolute Gasteiger partial charge is 0.516 e. The molecule has 1 saturated carbocycles. The fraction of sp³-hybridized carbons (Fsp3) is 0.441. The van der Waals surface area contributed by atoms with Crippen LogP contribution >= 0.6 is 0 Å². The molecule has 0 atom stereocenters. The van der Waals surface area contributed by atoms with Gasteiger partial charge in [0, 0.05) is 23.5 Å². The molecule has 1 fully saturated rings. The molecular weight excluding hydrogens is 470 g/mol. The predicted molar refractivity (Wildman–Crippen MR) is 162 cm³/mol. The van der Waals surface area contributed by atoms with Gasteiger partial charge in [0.05, 0.1) is 12.9 Å². The number of allylic oxidation sites excluding steroid dienone is 2. The van der Waals surface area contributed by atoms with Crippen molar-refractivity contribution in [2.45, 2.75) is 85.0 Å². The zero-order valence-corrected chi connectivity index (χ0v) is 24.5. The van der Waals surface area contributed by atoms with Gasteiger partial charge in [-0.1, -0.05) is 83.0 Å². The maximum absolute atomic E-state index is 13.0. The first-order chi connectivity index (χ1) is 18.1. The van der Waals surface area contributed by atoms with Gasteiger partial charge in [-0.25, -0.2) is 4.79 Å². The van der Waals surface area contributed by atoms with Gasteiger partial charge in [0.1, 0.15) is 5.69 Å². The van der Waals surface area contributed by atoms with Crippen LogP contribution in [0, 0.1) is 0 Å². The molecule has 3 aromatic rings. The lowest BCUT2D eigenvalue weighted by molar-refractivity contribution is 0.0517. The first kappa shape index (κ1) is 31.0. The smallest absolute Gasteiger partial charge is 0.355 e. The van der Waals surface area contributed by atoms with E-state index in [4.69, 9.17) is 9.84 Å². The molecule has 0 amide bonds. The number of hydrogen-bond donors (Lipinski definition) is 1. The third kappa shape index (κ3) is 7.63. The highest BCUT2D eigenvalue weighted by Crippen LogP contribution is 2.40. The molecule has 38 heavy (non-hydrogen) atoms. The van der Waals surface area contributed by atoms with Crippen LogP contribution in [-0.2, 0) is 17.2 Å². The summed E-state index contributed by atoms with van der Waals surface area (Å²) in [5.74, 6) is 0.380. The van der Waals surface area contributed by atoms with Crippen LogP contribution in [0.25, 0.3) is 22.0 Å². The fourth-order valence-corrected chi connectivity index (χ4v) is 4.95. The standard InChI is InChI=1S/C27H33NO2.C4H8O.C3H6/c1-6-30-26(29)25-24(19-11-14-21(15-12-19)27(2,3)4)22-17-20(18-9-7-8-10-18)13-16-23(22)28(25)5;1-2-3-4-5;1-3-2/h11-18H,6-10H2,1-5H3;3-5H,2H2,1H3;3H,1H2,2H3/b;4-3+;. The van der Waals surface area contributed by atoms with E-state index >= 15 is 0 Å². The Morgan fingerprint density at radius 3 is 2.18 bits per heavy atom. The highest BCUT2D eigenvalue weighted by molar-refractivity contribution is 6.08. The second-order valence-electron chi connectivity index (χ2n) is 10.8. The highest BCUT2D eigenvalue weighted by atomic mass is 16.5. The van der Waals surface area contributed by atoms with Crippen molar-refractivity contribution in [1.29, 1.82) is 0 Å². The Bertz CT molecular complexity index is 1200. The Balaban J connectivity index is 0.000000559. The first-order valence-electron chi connectivity index (χ1n) is 13.9. The molecule has 4 rings (SSSR count). The monoisotopic (exact) mass is 517 g/mol. The van der Waals surface area contributed by atoms with Gasteiger partial charge in [-0.15, -0.1) is 6.58 Å². The van der Waals surface area contributed by atoms with Crippen LogP contribution in [-0.4, -0.2) is 22.2 Å². The van der Waals surface area contributed by atoms with E-state index in [-0.39, 0.29) is 11.4 Å². The molecule has 206 valence electrons. The number of carbonyl (C=O) groups excluding carboxylic acids is 1. The molecule has 0 unspecified atom stereocenters. The van der Waals surface area contributed by atoms with E-state index in [0.29, 0.717) is 18.2 Å². The number of benzene rings is 2. The second kappa shape index (κ2) is 14.6. The van der Waals surface area contributed by atoms with Crippen LogP contribution in [0.15, 0.2) is 67.5 Å². The zero-order valence-electron chi connectivity index (χ0n) is 24.5. The average Bonchev–Trinajstić information content (AvgIpc) is 3.52. The van der Waals surface area contributed by atoms with Gasteiger partial charge in [0.15, 0.2) is 0 Å². The number of fused-ring (bicyclic) bond motifs is 1. The van der Waals surface area contributed by atoms with E-state index in [0.717, 1.165) is 34.7 Å². The Morgan fingerprint density at radius 1 is 1.11 bits per heavy atom. The number of aromatic nitrogens is 1. The summed E-state index contributed by atoms with van der Waals surface area (Å²) in [4.78, 5) is 13.0. The number of nitrogens with zero attached hydrogens (tertiary/aromatic N) is 1. The van der Waals surface area contributed by atoms with E-state index in [1.54, 1.807) is 12.2 Å². The van der Waals surface area contributed by atoms with Gasteiger partial charge in [-0.2, -0.15) is 0 Å². The fourth-order valence-electron chi connectivity index (χ4n) is 4.95. The SMILES string of the molecule is C=CC.CC/C=C/O.CCOC(=O)c1c(-c2ccc(C(C)(C)C)cc2)c2cc(C3CCCC3)ccc2n1C. The topological polar surface area (TPSA) is 51.5 Å². The maximum atomic E-state index is 13.0. The number of aryl methyl sites for hydroxylation is 1. The molecule has 1 aromatic heterocycles. The van der Waals surface area contributed by atoms with Crippen LogP contribution in [0.3, 0.4) is 0 Å². The van der Waals surface area contributed by atoms with Crippen LogP contribution in [0.1, 0.15) is 101 Å². The lowest BCUT2D eigenvalue weighted by Gasteiger charge is -2.19. The van der Waals surface area contributed by atoms with Crippen molar-refractivity contribution in [3.8, 4) is 11.1 Å². The third-order valence-electron chi connectivity index (χ3n) is 6.90. The summed E-state index contributed by atoms with van der Waals surface area (Å²) in [5.41, 5.74) is 6.56. The number of esters is 1.